The second-order valence-electron chi connectivity index (χ2n) is 10.7. The van der Waals surface area contributed by atoms with Crippen molar-refractivity contribution in [2.75, 3.05) is 52.5 Å². The lowest BCUT2D eigenvalue weighted by Gasteiger charge is -2.36. The van der Waals surface area contributed by atoms with Gasteiger partial charge in [-0.2, -0.15) is 0 Å². The second-order valence-corrected chi connectivity index (χ2v) is 10.7. The summed E-state index contributed by atoms with van der Waals surface area (Å²) in [6.45, 7) is 7.32. The summed E-state index contributed by atoms with van der Waals surface area (Å²) in [5.41, 5.74) is 1.44. The van der Waals surface area contributed by atoms with Crippen LogP contribution in [0.2, 0.25) is 0 Å². The predicted molar refractivity (Wildman–Crippen MR) is 143 cm³/mol. The molecule has 0 bridgehead atoms. The zero-order valence-electron chi connectivity index (χ0n) is 22.6. The third-order valence-electron chi connectivity index (χ3n) is 7.66. The number of benzene rings is 2. The Bertz CT molecular complexity index is 1180. The van der Waals surface area contributed by atoms with E-state index in [1.807, 2.05) is 0 Å². The third kappa shape index (κ3) is 5.89. The van der Waals surface area contributed by atoms with Crippen molar-refractivity contribution in [3.63, 3.8) is 0 Å². The highest BCUT2D eigenvalue weighted by molar-refractivity contribution is 6.05. The number of rotatable bonds is 5. The molecule has 38 heavy (non-hydrogen) atoms. The smallest absolute Gasteiger partial charge is 0.257 e. The van der Waals surface area contributed by atoms with Crippen LogP contribution in [0.15, 0.2) is 36.4 Å². The molecule has 0 aromatic heterocycles. The Morgan fingerprint density at radius 1 is 1.03 bits per heavy atom. The summed E-state index contributed by atoms with van der Waals surface area (Å²) in [6, 6.07) is 10.4. The molecular weight excluding hydrogens is 486 g/mol. The number of likely N-dealkylation sites (N-methyl/N-ethyl adjacent to an activating group) is 1. The van der Waals surface area contributed by atoms with E-state index in [0.717, 1.165) is 19.0 Å². The highest BCUT2D eigenvalue weighted by atomic mass is 16.7. The lowest BCUT2D eigenvalue weighted by molar-refractivity contribution is 0.00994. The fraction of sp³-hybridized carbons (Fsp3) is 0.517. The first-order valence-electron chi connectivity index (χ1n) is 13.3. The molecule has 0 spiro atoms. The Kier molecular flexibility index (Phi) is 7.76. The van der Waals surface area contributed by atoms with Gasteiger partial charge in [-0.05, 0) is 61.9 Å². The predicted octanol–water partition coefficient (Wildman–Crippen LogP) is 3.88. The monoisotopic (exact) mass is 523 g/mol. The van der Waals surface area contributed by atoms with E-state index in [1.54, 1.807) is 55.5 Å². The van der Waals surface area contributed by atoms with Crippen molar-refractivity contribution >= 4 is 17.5 Å². The van der Waals surface area contributed by atoms with Crippen molar-refractivity contribution in [3.05, 3.63) is 47.5 Å². The van der Waals surface area contributed by atoms with Crippen LogP contribution in [0.4, 0.5) is 5.69 Å². The SMILES string of the molecule is CO[C@@H]1CN(C)C(=O)c2ccc(NC(=O)c3ccc4c(c3)OCO4)cc2OC[C@H](C)N(CC2CC2)C[C@H]1C. The molecule has 2 heterocycles. The molecule has 2 aromatic rings. The number of methoxy groups -OCH3 is 1. The first-order chi connectivity index (χ1) is 18.3. The molecule has 1 saturated carbocycles. The Morgan fingerprint density at radius 3 is 2.58 bits per heavy atom. The van der Waals surface area contributed by atoms with E-state index >= 15 is 0 Å². The summed E-state index contributed by atoms with van der Waals surface area (Å²) >= 11 is 0. The molecule has 9 nitrogen and oxygen atoms in total. The normalized spacial score (nSPS) is 24.2. The van der Waals surface area contributed by atoms with E-state index in [4.69, 9.17) is 18.9 Å². The molecule has 0 unspecified atom stereocenters. The lowest BCUT2D eigenvalue weighted by atomic mass is 10.0. The molecule has 1 N–H and O–H groups in total. The van der Waals surface area contributed by atoms with E-state index in [1.165, 1.54) is 12.8 Å². The number of nitrogens with one attached hydrogen (secondary N) is 1. The fourth-order valence-corrected chi connectivity index (χ4v) is 5.05. The van der Waals surface area contributed by atoms with Gasteiger partial charge in [-0.25, -0.2) is 0 Å². The number of carbonyl (C=O) groups is 2. The minimum absolute atomic E-state index is 0.0816. The maximum atomic E-state index is 13.5. The van der Waals surface area contributed by atoms with Crippen LogP contribution in [0.3, 0.4) is 0 Å². The van der Waals surface area contributed by atoms with Gasteiger partial charge in [0.15, 0.2) is 11.5 Å². The largest absolute Gasteiger partial charge is 0.491 e. The van der Waals surface area contributed by atoms with Crippen LogP contribution < -0.4 is 19.5 Å². The molecular formula is C29H37N3O6. The second kappa shape index (κ2) is 11.2. The molecule has 2 aromatic carbocycles. The minimum Gasteiger partial charge on any atom is -0.491 e. The number of hydrogen-bond donors (Lipinski definition) is 1. The molecule has 0 saturated heterocycles. The van der Waals surface area contributed by atoms with E-state index < -0.39 is 0 Å². The van der Waals surface area contributed by atoms with Crippen LogP contribution in [-0.4, -0.2) is 81.0 Å². The van der Waals surface area contributed by atoms with Gasteiger partial charge in [-0.1, -0.05) is 6.92 Å². The Labute approximate surface area is 224 Å². The summed E-state index contributed by atoms with van der Waals surface area (Å²) < 4.78 is 22.9. The zero-order valence-corrected chi connectivity index (χ0v) is 22.6. The molecule has 1 aliphatic carbocycles. The summed E-state index contributed by atoms with van der Waals surface area (Å²) in [5.74, 6) is 2.17. The van der Waals surface area contributed by atoms with Gasteiger partial charge in [0.2, 0.25) is 6.79 Å². The lowest BCUT2D eigenvalue weighted by Crippen LogP contribution is -2.47. The minimum atomic E-state index is -0.291. The van der Waals surface area contributed by atoms with Gasteiger partial charge >= 0.3 is 0 Å². The average molecular weight is 524 g/mol. The Balaban J connectivity index is 1.39. The van der Waals surface area contributed by atoms with Crippen molar-refractivity contribution < 1.29 is 28.5 Å². The number of nitrogens with zero attached hydrogens (tertiary/aromatic N) is 2. The Morgan fingerprint density at radius 2 is 1.82 bits per heavy atom. The number of anilines is 1. The van der Waals surface area contributed by atoms with Crippen molar-refractivity contribution in [2.45, 2.75) is 38.8 Å². The van der Waals surface area contributed by atoms with E-state index in [9.17, 15) is 9.59 Å². The number of hydrogen-bond acceptors (Lipinski definition) is 7. The number of ether oxygens (including phenoxy) is 4. The van der Waals surface area contributed by atoms with Crippen LogP contribution in [0, 0.1) is 11.8 Å². The van der Waals surface area contributed by atoms with Gasteiger partial charge in [-0.3, -0.25) is 14.5 Å². The summed E-state index contributed by atoms with van der Waals surface area (Å²) in [4.78, 5) is 30.6. The quantitative estimate of drug-likeness (QED) is 0.636. The van der Waals surface area contributed by atoms with Gasteiger partial charge in [-0.15, -0.1) is 0 Å². The van der Waals surface area contributed by atoms with E-state index in [0.29, 0.717) is 47.2 Å². The highest BCUT2D eigenvalue weighted by Gasteiger charge is 2.31. The molecule has 3 aliphatic rings. The van der Waals surface area contributed by atoms with E-state index in [-0.39, 0.29) is 36.7 Å². The molecule has 2 aliphatic heterocycles. The van der Waals surface area contributed by atoms with Crippen LogP contribution in [0.25, 0.3) is 0 Å². The molecule has 0 radical (unpaired) electrons. The van der Waals surface area contributed by atoms with Gasteiger partial charge in [0.25, 0.3) is 11.8 Å². The number of carbonyl (C=O) groups excluding carboxylic acids is 2. The fourth-order valence-electron chi connectivity index (χ4n) is 5.05. The summed E-state index contributed by atoms with van der Waals surface area (Å²) in [7, 11) is 3.50. The third-order valence-corrected chi connectivity index (χ3v) is 7.66. The summed E-state index contributed by atoms with van der Waals surface area (Å²) in [5, 5.41) is 2.92. The van der Waals surface area contributed by atoms with Crippen molar-refractivity contribution in [2.24, 2.45) is 11.8 Å². The van der Waals surface area contributed by atoms with Crippen molar-refractivity contribution in [3.8, 4) is 17.2 Å². The van der Waals surface area contributed by atoms with Crippen LogP contribution in [0.1, 0.15) is 47.4 Å². The van der Waals surface area contributed by atoms with Crippen LogP contribution in [0.5, 0.6) is 17.2 Å². The molecule has 5 rings (SSSR count). The van der Waals surface area contributed by atoms with Gasteiger partial charge in [0.05, 0.1) is 11.7 Å². The van der Waals surface area contributed by atoms with Gasteiger partial charge in [0, 0.05) is 57.2 Å². The first-order valence-corrected chi connectivity index (χ1v) is 13.3. The molecule has 204 valence electrons. The molecule has 9 heteroatoms. The van der Waals surface area contributed by atoms with Gasteiger partial charge in [0.1, 0.15) is 12.4 Å². The van der Waals surface area contributed by atoms with Gasteiger partial charge < -0.3 is 29.2 Å². The van der Waals surface area contributed by atoms with Crippen LogP contribution >= 0.6 is 0 Å². The Hall–Kier alpha value is -3.30. The van der Waals surface area contributed by atoms with Crippen LogP contribution in [-0.2, 0) is 4.74 Å². The highest BCUT2D eigenvalue weighted by Crippen LogP contribution is 2.34. The molecule has 3 atom stereocenters. The number of fused-ring (bicyclic) bond motifs is 2. The van der Waals surface area contributed by atoms with Crippen molar-refractivity contribution in [1.82, 2.24) is 9.80 Å². The first kappa shape index (κ1) is 26.3. The topological polar surface area (TPSA) is 89.6 Å². The van der Waals surface area contributed by atoms with Crippen molar-refractivity contribution in [1.29, 1.82) is 0 Å². The standard InChI is InChI=1S/C29H37N3O6/c1-18-13-32(14-20-5-6-20)19(2)16-36-25-12-22(8-9-23(25)29(34)31(3)15-27(18)35-4)30-28(33)21-7-10-24-26(11-21)38-17-37-24/h7-12,18-20,27H,5-6,13-17H2,1-4H3,(H,30,33)/t18-,19+,27-/m1/s1. The van der Waals surface area contributed by atoms with E-state index in [2.05, 4.69) is 24.1 Å². The molecule has 1 fully saturated rings. The number of amides is 2. The maximum Gasteiger partial charge on any atom is 0.257 e. The molecule has 2 amide bonds. The average Bonchev–Trinajstić information content (AvgIpc) is 3.61. The summed E-state index contributed by atoms with van der Waals surface area (Å²) in [6.07, 6.45) is 2.47. The maximum absolute atomic E-state index is 13.5. The zero-order chi connectivity index (χ0) is 26.8.